The summed E-state index contributed by atoms with van der Waals surface area (Å²) in [5, 5.41) is 5.58. The standard InChI is InChI=1S/C20H21FN2O2/c1-13-6-8-14(9-7-13)11-22-19(24)16-10-17(16)20(25)23-12-15-4-2-3-5-18(15)21/h2-9,16-17H,10-12H2,1H3,(H,22,24)(H,23,25). The molecule has 1 saturated carbocycles. The van der Waals surface area contributed by atoms with Crippen LogP contribution in [0, 0.1) is 24.6 Å². The first-order chi connectivity index (χ1) is 12.0. The number of carbonyl (C=O) groups excluding carboxylic acids is 2. The molecule has 4 nitrogen and oxygen atoms in total. The Balaban J connectivity index is 1.43. The van der Waals surface area contributed by atoms with Crippen LogP contribution < -0.4 is 10.6 Å². The molecular weight excluding hydrogens is 319 g/mol. The Morgan fingerprint density at radius 3 is 2.20 bits per heavy atom. The number of nitrogens with one attached hydrogen (secondary N) is 2. The maximum absolute atomic E-state index is 13.5. The molecule has 1 fully saturated rings. The van der Waals surface area contributed by atoms with Crippen molar-refractivity contribution in [2.45, 2.75) is 26.4 Å². The van der Waals surface area contributed by atoms with E-state index >= 15 is 0 Å². The molecule has 0 spiro atoms. The predicted molar refractivity (Wildman–Crippen MR) is 92.9 cm³/mol. The lowest BCUT2D eigenvalue weighted by atomic mass is 10.1. The molecule has 0 aliphatic heterocycles. The van der Waals surface area contributed by atoms with Crippen molar-refractivity contribution in [1.29, 1.82) is 0 Å². The van der Waals surface area contributed by atoms with Gasteiger partial charge in [-0.3, -0.25) is 9.59 Å². The zero-order chi connectivity index (χ0) is 17.8. The van der Waals surface area contributed by atoms with Crippen LogP contribution in [0.3, 0.4) is 0 Å². The molecule has 130 valence electrons. The van der Waals surface area contributed by atoms with Gasteiger partial charge in [0.15, 0.2) is 0 Å². The topological polar surface area (TPSA) is 58.2 Å². The fraction of sp³-hybridized carbons (Fsp3) is 0.300. The van der Waals surface area contributed by atoms with Gasteiger partial charge in [-0.25, -0.2) is 4.39 Å². The summed E-state index contributed by atoms with van der Waals surface area (Å²) >= 11 is 0. The molecule has 2 atom stereocenters. The summed E-state index contributed by atoms with van der Waals surface area (Å²) in [6.07, 6.45) is 0.544. The van der Waals surface area contributed by atoms with E-state index in [0.717, 1.165) is 5.56 Å². The van der Waals surface area contributed by atoms with E-state index in [1.54, 1.807) is 18.2 Å². The maximum Gasteiger partial charge on any atom is 0.224 e. The number of amides is 2. The number of rotatable bonds is 6. The Bertz CT molecular complexity index is 774. The van der Waals surface area contributed by atoms with Crippen molar-refractivity contribution in [3.05, 3.63) is 71.0 Å². The Hall–Kier alpha value is -2.69. The molecule has 2 aromatic rings. The highest BCUT2D eigenvalue weighted by molar-refractivity contribution is 5.92. The molecule has 0 radical (unpaired) electrons. The molecule has 0 aromatic heterocycles. The van der Waals surface area contributed by atoms with Crippen molar-refractivity contribution >= 4 is 11.8 Å². The van der Waals surface area contributed by atoms with Crippen molar-refractivity contribution in [2.24, 2.45) is 11.8 Å². The second-order valence-electron chi connectivity index (χ2n) is 6.46. The maximum atomic E-state index is 13.5. The van der Waals surface area contributed by atoms with Crippen molar-refractivity contribution in [1.82, 2.24) is 10.6 Å². The minimum absolute atomic E-state index is 0.105. The van der Waals surface area contributed by atoms with Gasteiger partial charge in [0.05, 0.1) is 11.8 Å². The van der Waals surface area contributed by atoms with Gasteiger partial charge in [-0.15, -0.1) is 0 Å². The Morgan fingerprint density at radius 1 is 0.960 bits per heavy atom. The Morgan fingerprint density at radius 2 is 1.56 bits per heavy atom. The number of hydrogen-bond acceptors (Lipinski definition) is 2. The summed E-state index contributed by atoms with van der Waals surface area (Å²) in [5.41, 5.74) is 2.64. The molecular formula is C20H21FN2O2. The SMILES string of the molecule is Cc1ccc(CNC(=O)C2CC2C(=O)NCc2ccccc2F)cc1. The van der Waals surface area contributed by atoms with Crippen LogP contribution in [0.4, 0.5) is 4.39 Å². The number of aryl methyl sites for hydroxylation is 1. The second-order valence-corrected chi connectivity index (χ2v) is 6.46. The van der Waals surface area contributed by atoms with Crippen LogP contribution in [-0.4, -0.2) is 11.8 Å². The minimum atomic E-state index is -0.342. The van der Waals surface area contributed by atoms with Gasteiger partial charge in [0.2, 0.25) is 11.8 Å². The normalized spacial score (nSPS) is 18.5. The zero-order valence-electron chi connectivity index (χ0n) is 14.1. The van der Waals surface area contributed by atoms with E-state index in [1.807, 2.05) is 31.2 Å². The number of hydrogen-bond donors (Lipinski definition) is 2. The third kappa shape index (κ3) is 4.44. The molecule has 2 unspecified atom stereocenters. The molecule has 0 bridgehead atoms. The third-order valence-corrected chi connectivity index (χ3v) is 4.46. The summed E-state index contributed by atoms with van der Waals surface area (Å²) in [6, 6.07) is 14.3. The van der Waals surface area contributed by atoms with E-state index in [0.29, 0.717) is 18.5 Å². The van der Waals surface area contributed by atoms with Crippen LogP contribution in [0.2, 0.25) is 0 Å². The van der Waals surface area contributed by atoms with Crippen LogP contribution >= 0.6 is 0 Å². The van der Waals surface area contributed by atoms with Gasteiger partial charge < -0.3 is 10.6 Å². The molecule has 5 heteroatoms. The quantitative estimate of drug-likeness (QED) is 0.849. The highest BCUT2D eigenvalue weighted by atomic mass is 19.1. The lowest BCUT2D eigenvalue weighted by Crippen LogP contribution is -2.29. The monoisotopic (exact) mass is 340 g/mol. The van der Waals surface area contributed by atoms with E-state index in [9.17, 15) is 14.0 Å². The van der Waals surface area contributed by atoms with E-state index in [2.05, 4.69) is 10.6 Å². The summed E-state index contributed by atoms with van der Waals surface area (Å²) in [5.74, 6) is -1.24. The Kier molecular flexibility index (Phi) is 5.12. The van der Waals surface area contributed by atoms with E-state index in [-0.39, 0.29) is 36.0 Å². The number of halogens is 1. The summed E-state index contributed by atoms with van der Waals surface area (Å²) in [6.45, 7) is 2.61. The molecule has 25 heavy (non-hydrogen) atoms. The molecule has 0 heterocycles. The van der Waals surface area contributed by atoms with Gasteiger partial charge in [-0.2, -0.15) is 0 Å². The van der Waals surface area contributed by atoms with Crippen LogP contribution in [0.5, 0.6) is 0 Å². The lowest BCUT2D eigenvalue weighted by molar-refractivity contribution is -0.127. The van der Waals surface area contributed by atoms with E-state index < -0.39 is 0 Å². The fourth-order valence-corrected chi connectivity index (χ4v) is 2.76. The fourth-order valence-electron chi connectivity index (χ4n) is 2.76. The summed E-state index contributed by atoms with van der Waals surface area (Å²) in [4.78, 5) is 24.2. The predicted octanol–water partition coefficient (Wildman–Crippen LogP) is 2.70. The largest absolute Gasteiger partial charge is 0.352 e. The first-order valence-corrected chi connectivity index (χ1v) is 8.39. The van der Waals surface area contributed by atoms with Crippen LogP contribution in [0.1, 0.15) is 23.1 Å². The van der Waals surface area contributed by atoms with E-state index in [1.165, 1.54) is 11.6 Å². The molecule has 3 rings (SSSR count). The lowest BCUT2D eigenvalue weighted by Gasteiger charge is -2.07. The number of carbonyl (C=O) groups is 2. The Labute approximate surface area is 146 Å². The molecule has 1 aliphatic rings. The van der Waals surface area contributed by atoms with E-state index in [4.69, 9.17) is 0 Å². The molecule has 2 amide bonds. The first kappa shape index (κ1) is 17.1. The average Bonchev–Trinajstić information content (AvgIpc) is 3.41. The molecule has 2 aromatic carbocycles. The molecule has 1 aliphatic carbocycles. The van der Waals surface area contributed by atoms with Gasteiger partial charge in [-0.1, -0.05) is 48.0 Å². The zero-order valence-corrected chi connectivity index (χ0v) is 14.1. The number of benzene rings is 2. The van der Waals surface area contributed by atoms with Crippen molar-refractivity contribution in [2.75, 3.05) is 0 Å². The third-order valence-electron chi connectivity index (χ3n) is 4.46. The van der Waals surface area contributed by atoms with Crippen molar-refractivity contribution in [3.63, 3.8) is 0 Å². The minimum Gasteiger partial charge on any atom is -0.352 e. The van der Waals surface area contributed by atoms with Crippen molar-refractivity contribution in [3.8, 4) is 0 Å². The van der Waals surface area contributed by atoms with Gasteiger partial charge in [0, 0.05) is 18.7 Å². The van der Waals surface area contributed by atoms with Gasteiger partial charge >= 0.3 is 0 Å². The molecule has 0 saturated heterocycles. The first-order valence-electron chi connectivity index (χ1n) is 8.39. The van der Waals surface area contributed by atoms with Crippen LogP contribution in [-0.2, 0) is 22.7 Å². The average molecular weight is 340 g/mol. The summed E-state index contributed by atoms with van der Waals surface area (Å²) in [7, 11) is 0. The van der Waals surface area contributed by atoms with Gasteiger partial charge in [0.1, 0.15) is 5.82 Å². The van der Waals surface area contributed by atoms with Crippen LogP contribution in [0.25, 0.3) is 0 Å². The molecule has 2 N–H and O–H groups in total. The van der Waals surface area contributed by atoms with Crippen molar-refractivity contribution < 1.29 is 14.0 Å². The highest BCUT2D eigenvalue weighted by Crippen LogP contribution is 2.38. The van der Waals surface area contributed by atoms with Gasteiger partial charge in [-0.05, 0) is 25.0 Å². The smallest absolute Gasteiger partial charge is 0.224 e. The van der Waals surface area contributed by atoms with Gasteiger partial charge in [0.25, 0.3) is 0 Å². The summed E-state index contributed by atoms with van der Waals surface area (Å²) < 4.78 is 13.5. The highest BCUT2D eigenvalue weighted by Gasteiger charge is 2.47. The second kappa shape index (κ2) is 7.47. The van der Waals surface area contributed by atoms with Crippen LogP contribution in [0.15, 0.2) is 48.5 Å².